The number of likely N-dealkylation sites (tertiary alicyclic amines) is 1. The molecule has 1 aliphatic heterocycles. The highest BCUT2D eigenvalue weighted by Crippen LogP contribution is 2.70. The van der Waals surface area contributed by atoms with Gasteiger partial charge in [0.15, 0.2) is 5.78 Å². The molecule has 6 rings (SSSR count). The summed E-state index contributed by atoms with van der Waals surface area (Å²) in [5.41, 5.74) is 0.423. The summed E-state index contributed by atoms with van der Waals surface area (Å²) in [6.07, 6.45) is -0.0476. The molecule has 0 radical (unpaired) electrons. The standard InChI is InChI=1S/C31H36F5NO2/c1-28-17-25(20-6-4-19(5-7-20)18-37-14-2-3-15-37)27-23-11-9-22(38)16-21(23)8-10-24(27)26(28)12-13-29(28,39)30(32,33)31(34,35)36/h4-7,16,24-26,39H,2-3,8-15,17-18H2,1H3/t24-,25+,26-,28-,29+/m0/s1. The quantitative estimate of drug-likeness (QED) is 0.407. The lowest BCUT2D eigenvalue weighted by Gasteiger charge is -2.56. The molecule has 0 spiro atoms. The van der Waals surface area contributed by atoms with Crippen LogP contribution in [0.3, 0.4) is 0 Å². The fourth-order valence-electron chi connectivity index (χ4n) is 8.77. The van der Waals surface area contributed by atoms with Crippen molar-refractivity contribution in [1.82, 2.24) is 4.90 Å². The predicted octanol–water partition coefficient (Wildman–Crippen LogP) is 7.11. The van der Waals surface area contributed by atoms with Gasteiger partial charge in [0.05, 0.1) is 0 Å². The number of hydrogen-bond acceptors (Lipinski definition) is 3. The third-order valence-electron chi connectivity index (χ3n) is 10.7. The Morgan fingerprint density at radius 2 is 1.69 bits per heavy atom. The van der Waals surface area contributed by atoms with E-state index in [1.165, 1.54) is 19.8 Å². The SMILES string of the molecule is C[C@]12C[C@H](c3ccc(CN4CCCC4)cc3)C3=C4CCC(=O)C=C4CC[C@H]3[C@@H]1CC[C@]2(O)C(F)(F)C(F)(F)F. The van der Waals surface area contributed by atoms with Crippen LogP contribution in [0.15, 0.2) is 47.1 Å². The number of ketones is 1. The maximum atomic E-state index is 15.1. The molecule has 1 N–H and O–H groups in total. The number of benzene rings is 1. The van der Waals surface area contributed by atoms with E-state index in [-0.39, 0.29) is 24.5 Å². The van der Waals surface area contributed by atoms with Crippen LogP contribution in [-0.2, 0) is 11.3 Å². The molecule has 39 heavy (non-hydrogen) atoms. The van der Waals surface area contributed by atoms with Crippen molar-refractivity contribution in [3.05, 3.63) is 58.2 Å². The first kappa shape index (κ1) is 27.1. The third-order valence-corrected chi connectivity index (χ3v) is 10.7. The molecule has 0 amide bonds. The minimum atomic E-state index is -5.84. The smallest absolute Gasteiger partial charge is 0.383 e. The van der Waals surface area contributed by atoms with Crippen molar-refractivity contribution in [3.8, 4) is 0 Å². The summed E-state index contributed by atoms with van der Waals surface area (Å²) < 4.78 is 71.4. The van der Waals surface area contributed by atoms with E-state index in [9.17, 15) is 23.1 Å². The summed E-state index contributed by atoms with van der Waals surface area (Å²) in [6, 6.07) is 8.06. The van der Waals surface area contributed by atoms with Gasteiger partial charge in [-0.15, -0.1) is 0 Å². The predicted molar refractivity (Wildman–Crippen MR) is 137 cm³/mol. The Morgan fingerprint density at radius 1 is 1.00 bits per heavy atom. The second-order valence-electron chi connectivity index (χ2n) is 12.7. The molecule has 1 heterocycles. The van der Waals surface area contributed by atoms with Crippen LogP contribution in [-0.4, -0.2) is 46.6 Å². The molecule has 8 heteroatoms. The fourth-order valence-corrected chi connectivity index (χ4v) is 8.77. The van der Waals surface area contributed by atoms with Gasteiger partial charge >= 0.3 is 12.1 Å². The van der Waals surface area contributed by atoms with E-state index in [0.717, 1.165) is 47.5 Å². The van der Waals surface area contributed by atoms with E-state index in [1.54, 1.807) is 6.08 Å². The van der Waals surface area contributed by atoms with Crippen molar-refractivity contribution < 1.29 is 31.9 Å². The third kappa shape index (κ3) is 4.06. The molecule has 2 saturated carbocycles. The molecular formula is C31H36F5NO2. The number of alkyl halides is 5. The van der Waals surface area contributed by atoms with E-state index in [1.807, 2.05) is 24.3 Å². The highest BCUT2D eigenvalue weighted by Gasteiger charge is 2.79. The van der Waals surface area contributed by atoms with Crippen LogP contribution < -0.4 is 0 Å². The number of carbonyl (C=O) groups excluding carboxylic acids is 1. The van der Waals surface area contributed by atoms with Crippen molar-refractivity contribution >= 4 is 5.78 Å². The Labute approximate surface area is 226 Å². The molecule has 3 nitrogen and oxygen atoms in total. The Balaban J connectivity index is 1.44. The molecule has 5 atom stereocenters. The van der Waals surface area contributed by atoms with Crippen LogP contribution in [0.4, 0.5) is 22.0 Å². The van der Waals surface area contributed by atoms with Crippen molar-refractivity contribution in [2.75, 3.05) is 13.1 Å². The van der Waals surface area contributed by atoms with Gasteiger partial charge in [-0.2, -0.15) is 22.0 Å². The maximum Gasteiger partial charge on any atom is 0.456 e. The number of carbonyl (C=O) groups is 1. The maximum absolute atomic E-state index is 15.1. The molecule has 3 fully saturated rings. The number of rotatable bonds is 4. The molecule has 0 aromatic heterocycles. The van der Waals surface area contributed by atoms with Crippen LogP contribution in [0.2, 0.25) is 0 Å². The molecule has 0 bridgehead atoms. The molecule has 212 valence electrons. The normalized spacial score (nSPS) is 35.5. The zero-order valence-electron chi connectivity index (χ0n) is 22.3. The van der Waals surface area contributed by atoms with Crippen LogP contribution >= 0.6 is 0 Å². The van der Waals surface area contributed by atoms with Gasteiger partial charge in [0.1, 0.15) is 5.60 Å². The highest BCUT2D eigenvalue weighted by atomic mass is 19.4. The second kappa shape index (κ2) is 9.23. The van der Waals surface area contributed by atoms with E-state index in [4.69, 9.17) is 0 Å². The summed E-state index contributed by atoms with van der Waals surface area (Å²) in [7, 11) is 0. The lowest BCUT2D eigenvalue weighted by Crippen LogP contribution is -2.65. The van der Waals surface area contributed by atoms with Crippen molar-refractivity contribution in [3.63, 3.8) is 0 Å². The van der Waals surface area contributed by atoms with E-state index >= 15 is 8.78 Å². The Morgan fingerprint density at radius 3 is 2.36 bits per heavy atom. The van der Waals surface area contributed by atoms with E-state index < -0.39 is 41.4 Å². The number of hydrogen-bond donors (Lipinski definition) is 1. The van der Waals surface area contributed by atoms with Gasteiger partial charge in [-0.3, -0.25) is 9.69 Å². The first-order chi connectivity index (χ1) is 18.4. The van der Waals surface area contributed by atoms with E-state index in [2.05, 4.69) is 4.90 Å². The Hall–Kier alpha value is -2.06. The summed E-state index contributed by atoms with van der Waals surface area (Å²) in [4.78, 5) is 14.6. The number of halogens is 5. The minimum Gasteiger partial charge on any atom is -0.383 e. The fraction of sp³-hybridized carbons (Fsp3) is 0.645. The van der Waals surface area contributed by atoms with E-state index in [0.29, 0.717) is 25.7 Å². The molecule has 1 aromatic carbocycles. The van der Waals surface area contributed by atoms with Gasteiger partial charge in [-0.1, -0.05) is 36.8 Å². The number of nitrogens with zero attached hydrogens (tertiary/aromatic N) is 1. The van der Waals surface area contributed by atoms with Crippen molar-refractivity contribution in [1.29, 1.82) is 0 Å². The minimum absolute atomic E-state index is 0.0157. The summed E-state index contributed by atoms with van der Waals surface area (Å²) in [5.74, 6) is -6.21. The van der Waals surface area contributed by atoms with Gasteiger partial charge in [0.2, 0.25) is 0 Å². The molecule has 1 aromatic rings. The van der Waals surface area contributed by atoms with Gasteiger partial charge in [-0.05, 0) is 105 Å². The highest BCUT2D eigenvalue weighted by molar-refractivity contribution is 5.93. The summed E-state index contributed by atoms with van der Waals surface area (Å²) in [6.45, 7) is 4.41. The second-order valence-corrected chi connectivity index (χ2v) is 12.7. The van der Waals surface area contributed by atoms with Crippen LogP contribution in [0.1, 0.15) is 81.8 Å². The largest absolute Gasteiger partial charge is 0.456 e. The molecule has 5 aliphatic rings. The number of fused-ring (bicyclic) bond motifs is 4. The number of allylic oxidation sites excluding steroid dienone is 4. The Kier molecular flexibility index (Phi) is 6.42. The monoisotopic (exact) mass is 549 g/mol. The van der Waals surface area contributed by atoms with Crippen molar-refractivity contribution in [2.24, 2.45) is 17.3 Å². The average molecular weight is 550 g/mol. The van der Waals surface area contributed by atoms with Crippen LogP contribution in [0.25, 0.3) is 0 Å². The Bertz CT molecular complexity index is 1210. The topological polar surface area (TPSA) is 40.5 Å². The first-order valence-electron chi connectivity index (χ1n) is 14.3. The summed E-state index contributed by atoms with van der Waals surface area (Å²) in [5, 5.41) is 11.4. The lowest BCUT2D eigenvalue weighted by atomic mass is 9.50. The number of aliphatic hydroxyl groups is 1. The van der Waals surface area contributed by atoms with Gasteiger partial charge in [-0.25, -0.2) is 0 Å². The average Bonchev–Trinajstić information content (AvgIpc) is 3.49. The van der Waals surface area contributed by atoms with Crippen LogP contribution in [0, 0.1) is 17.3 Å². The van der Waals surface area contributed by atoms with Gasteiger partial charge < -0.3 is 5.11 Å². The molecule has 4 aliphatic carbocycles. The van der Waals surface area contributed by atoms with Crippen LogP contribution in [0.5, 0.6) is 0 Å². The lowest BCUT2D eigenvalue weighted by molar-refractivity contribution is -0.362. The van der Waals surface area contributed by atoms with Crippen molar-refractivity contribution in [2.45, 2.75) is 94.9 Å². The molecular weight excluding hydrogens is 513 g/mol. The first-order valence-corrected chi connectivity index (χ1v) is 14.3. The van der Waals surface area contributed by atoms with Gasteiger partial charge in [0, 0.05) is 24.3 Å². The summed E-state index contributed by atoms with van der Waals surface area (Å²) >= 11 is 0. The zero-order chi connectivity index (χ0) is 27.8. The van der Waals surface area contributed by atoms with Gasteiger partial charge in [0.25, 0.3) is 0 Å². The molecule has 1 saturated heterocycles. The molecule has 0 unspecified atom stereocenters. The zero-order valence-corrected chi connectivity index (χ0v) is 22.3.